The van der Waals surface area contributed by atoms with Gasteiger partial charge in [-0.2, -0.15) is 0 Å². The van der Waals surface area contributed by atoms with Gasteiger partial charge in [-0.1, -0.05) is 25.5 Å². The Bertz CT molecular complexity index is 550. The molecule has 1 fully saturated rings. The summed E-state index contributed by atoms with van der Waals surface area (Å²) in [6.07, 6.45) is 4.90. The van der Waals surface area contributed by atoms with Crippen LogP contribution in [0.2, 0.25) is 0 Å². The van der Waals surface area contributed by atoms with Crippen LogP contribution in [0.3, 0.4) is 0 Å². The molecule has 0 saturated carbocycles. The molecule has 1 aliphatic heterocycles. The van der Waals surface area contributed by atoms with Gasteiger partial charge in [-0.15, -0.1) is 0 Å². The van der Waals surface area contributed by atoms with Gasteiger partial charge < -0.3 is 15.0 Å². The fourth-order valence-electron chi connectivity index (χ4n) is 3.50. The number of hydrogen-bond acceptors (Lipinski definition) is 3. The number of aliphatic imine (C=N–C) groups is 1. The number of hydrogen-bond donors (Lipinski definition) is 1. The number of nitrogens with one attached hydrogen (secondary N) is 1. The maximum atomic E-state index is 5.24. The highest BCUT2D eigenvalue weighted by molar-refractivity contribution is 5.79. The fourth-order valence-corrected chi connectivity index (χ4v) is 3.50. The first-order valence-corrected chi connectivity index (χ1v) is 10.5. The maximum Gasteiger partial charge on any atom is 0.193 e. The first kappa shape index (κ1) is 21.5. The number of methoxy groups -OCH3 is 1. The molecular formula is C22H38N4O. The van der Waals surface area contributed by atoms with Crippen molar-refractivity contribution in [1.29, 1.82) is 0 Å². The van der Waals surface area contributed by atoms with Gasteiger partial charge in [0.2, 0.25) is 0 Å². The lowest BCUT2D eigenvalue weighted by Crippen LogP contribution is -2.40. The van der Waals surface area contributed by atoms with E-state index in [4.69, 9.17) is 9.73 Å². The van der Waals surface area contributed by atoms with E-state index in [0.29, 0.717) is 5.92 Å². The van der Waals surface area contributed by atoms with Crippen molar-refractivity contribution < 1.29 is 4.74 Å². The average Bonchev–Trinajstić information content (AvgIpc) is 2.71. The molecule has 1 N–H and O–H groups in total. The van der Waals surface area contributed by atoms with Gasteiger partial charge in [0.1, 0.15) is 5.75 Å². The molecule has 152 valence electrons. The molecule has 1 aromatic rings. The Morgan fingerprint density at radius 3 is 2.52 bits per heavy atom. The first-order valence-electron chi connectivity index (χ1n) is 10.5. The van der Waals surface area contributed by atoms with E-state index in [-0.39, 0.29) is 0 Å². The van der Waals surface area contributed by atoms with Gasteiger partial charge in [-0.25, -0.2) is 0 Å². The molecule has 0 unspecified atom stereocenters. The topological polar surface area (TPSA) is 40.1 Å². The van der Waals surface area contributed by atoms with Gasteiger partial charge in [0.25, 0.3) is 0 Å². The van der Waals surface area contributed by atoms with Gasteiger partial charge in [0.05, 0.1) is 7.11 Å². The quantitative estimate of drug-likeness (QED) is 0.529. The highest BCUT2D eigenvalue weighted by atomic mass is 16.5. The van der Waals surface area contributed by atoms with Crippen molar-refractivity contribution in [2.75, 3.05) is 46.9 Å². The standard InChI is InChI=1S/C22H38N4O/c1-5-7-14-25(3)22(23-6-2)24-17-19-12-15-26(16-13-19)18-20-8-10-21(27-4)11-9-20/h8-11,19H,5-7,12-18H2,1-4H3,(H,23,24). The first-order chi connectivity index (χ1) is 13.2. The number of nitrogens with zero attached hydrogens (tertiary/aromatic N) is 3. The minimum absolute atomic E-state index is 0.699. The van der Waals surface area contributed by atoms with E-state index in [1.54, 1.807) is 7.11 Å². The average molecular weight is 375 g/mol. The van der Waals surface area contributed by atoms with Crippen LogP contribution >= 0.6 is 0 Å². The highest BCUT2D eigenvalue weighted by Crippen LogP contribution is 2.20. The van der Waals surface area contributed by atoms with Crippen molar-refractivity contribution in [2.24, 2.45) is 10.9 Å². The molecule has 2 rings (SSSR count). The Balaban J connectivity index is 1.78. The van der Waals surface area contributed by atoms with E-state index in [2.05, 4.69) is 48.1 Å². The summed E-state index contributed by atoms with van der Waals surface area (Å²) in [7, 11) is 3.86. The number of unbranched alkanes of at least 4 members (excludes halogenated alkanes) is 1. The summed E-state index contributed by atoms with van der Waals surface area (Å²) in [5, 5.41) is 3.44. The highest BCUT2D eigenvalue weighted by Gasteiger charge is 2.19. The van der Waals surface area contributed by atoms with E-state index >= 15 is 0 Å². The largest absolute Gasteiger partial charge is 0.497 e. The van der Waals surface area contributed by atoms with Gasteiger partial charge >= 0.3 is 0 Å². The van der Waals surface area contributed by atoms with Crippen LogP contribution in [-0.4, -0.2) is 62.6 Å². The number of likely N-dealkylation sites (tertiary alicyclic amines) is 1. The summed E-state index contributed by atoms with van der Waals surface area (Å²) in [6, 6.07) is 8.44. The predicted octanol–water partition coefficient (Wildman–Crippen LogP) is 3.60. The van der Waals surface area contributed by atoms with E-state index in [9.17, 15) is 0 Å². The third-order valence-electron chi connectivity index (χ3n) is 5.32. The fraction of sp³-hybridized carbons (Fsp3) is 0.682. The molecule has 0 aromatic heterocycles. The molecule has 5 nitrogen and oxygen atoms in total. The summed E-state index contributed by atoms with van der Waals surface area (Å²) in [6.45, 7) is 10.7. The number of benzene rings is 1. The van der Waals surface area contributed by atoms with Crippen molar-refractivity contribution >= 4 is 5.96 Å². The number of rotatable bonds is 9. The maximum absolute atomic E-state index is 5.24. The molecule has 27 heavy (non-hydrogen) atoms. The molecule has 5 heteroatoms. The van der Waals surface area contributed by atoms with Crippen molar-refractivity contribution in [3.63, 3.8) is 0 Å². The van der Waals surface area contributed by atoms with Crippen LogP contribution in [0.15, 0.2) is 29.3 Å². The van der Waals surface area contributed by atoms with Gasteiger partial charge in [-0.3, -0.25) is 9.89 Å². The molecule has 0 amide bonds. The molecule has 0 radical (unpaired) electrons. The van der Waals surface area contributed by atoms with E-state index in [0.717, 1.165) is 51.0 Å². The summed E-state index contributed by atoms with van der Waals surface area (Å²) in [5.41, 5.74) is 1.36. The van der Waals surface area contributed by atoms with Crippen molar-refractivity contribution in [1.82, 2.24) is 15.1 Å². The Labute approximate surface area is 165 Å². The number of piperidine rings is 1. The Morgan fingerprint density at radius 2 is 1.93 bits per heavy atom. The zero-order chi connectivity index (χ0) is 19.5. The minimum Gasteiger partial charge on any atom is -0.497 e. The Hall–Kier alpha value is -1.75. The lowest BCUT2D eigenvalue weighted by molar-refractivity contribution is 0.180. The molecule has 0 bridgehead atoms. The zero-order valence-corrected chi connectivity index (χ0v) is 17.7. The molecule has 0 aliphatic carbocycles. The lowest BCUT2D eigenvalue weighted by atomic mass is 9.96. The van der Waals surface area contributed by atoms with Crippen LogP contribution in [-0.2, 0) is 6.54 Å². The minimum atomic E-state index is 0.699. The Morgan fingerprint density at radius 1 is 1.22 bits per heavy atom. The molecule has 1 aromatic carbocycles. The number of ether oxygens (including phenoxy) is 1. The summed E-state index contributed by atoms with van der Waals surface area (Å²) in [5.74, 6) is 2.69. The third-order valence-corrected chi connectivity index (χ3v) is 5.32. The van der Waals surface area contributed by atoms with Gasteiger partial charge in [0, 0.05) is 33.2 Å². The van der Waals surface area contributed by atoms with Crippen LogP contribution < -0.4 is 10.1 Å². The zero-order valence-electron chi connectivity index (χ0n) is 17.7. The second-order valence-corrected chi connectivity index (χ2v) is 7.54. The van der Waals surface area contributed by atoms with E-state index in [1.807, 2.05) is 12.1 Å². The third kappa shape index (κ3) is 7.41. The molecule has 1 heterocycles. The molecule has 0 spiro atoms. The smallest absolute Gasteiger partial charge is 0.193 e. The van der Waals surface area contributed by atoms with Gasteiger partial charge in [-0.05, 0) is 62.9 Å². The summed E-state index contributed by atoms with van der Waals surface area (Å²) >= 11 is 0. The van der Waals surface area contributed by atoms with Crippen LogP contribution in [0.1, 0.15) is 45.1 Å². The van der Waals surface area contributed by atoms with Gasteiger partial charge in [0.15, 0.2) is 5.96 Å². The number of guanidine groups is 1. The second-order valence-electron chi connectivity index (χ2n) is 7.54. The van der Waals surface area contributed by atoms with Crippen molar-refractivity contribution in [3.8, 4) is 5.75 Å². The predicted molar refractivity (Wildman–Crippen MR) is 115 cm³/mol. The van der Waals surface area contributed by atoms with Crippen LogP contribution in [0.25, 0.3) is 0 Å². The van der Waals surface area contributed by atoms with Crippen molar-refractivity contribution in [2.45, 2.75) is 46.1 Å². The molecular weight excluding hydrogens is 336 g/mol. The SMILES string of the molecule is CCCCN(C)C(=NCC1CCN(Cc2ccc(OC)cc2)CC1)NCC. The second kappa shape index (κ2) is 11.9. The van der Waals surface area contributed by atoms with Crippen LogP contribution in [0, 0.1) is 5.92 Å². The van der Waals surface area contributed by atoms with Crippen molar-refractivity contribution in [3.05, 3.63) is 29.8 Å². The summed E-state index contributed by atoms with van der Waals surface area (Å²) < 4.78 is 5.24. The molecule has 1 saturated heterocycles. The Kier molecular flexibility index (Phi) is 9.46. The van der Waals surface area contributed by atoms with E-state index in [1.165, 1.54) is 31.2 Å². The van der Waals surface area contributed by atoms with Crippen LogP contribution in [0.4, 0.5) is 0 Å². The monoisotopic (exact) mass is 374 g/mol. The normalized spacial score (nSPS) is 16.4. The summed E-state index contributed by atoms with van der Waals surface area (Å²) in [4.78, 5) is 9.74. The van der Waals surface area contributed by atoms with Crippen LogP contribution in [0.5, 0.6) is 5.75 Å². The lowest BCUT2D eigenvalue weighted by Gasteiger charge is -2.31. The molecule has 1 aliphatic rings. The molecule has 0 atom stereocenters. The van der Waals surface area contributed by atoms with E-state index < -0.39 is 0 Å².